The molecule has 1 amide bonds. The number of nitrogens with one attached hydrogen (secondary N) is 1. The Morgan fingerprint density at radius 1 is 1.22 bits per heavy atom. The highest BCUT2D eigenvalue weighted by molar-refractivity contribution is 6.01. The summed E-state index contributed by atoms with van der Waals surface area (Å²) in [6.45, 7) is 4.55. The molecular weight excluding hydrogens is 292 g/mol. The van der Waals surface area contributed by atoms with E-state index in [0.717, 1.165) is 11.3 Å². The van der Waals surface area contributed by atoms with Gasteiger partial charge in [0.15, 0.2) is 5.69 Å². The predicted molar refractivity (Wildman–Crippen MR) is 86.2 cm³/mol. The van der Waals surface area contributed by atoms with Gasteiger partial charge in [0.1, 0.15) is 6.33 Å². The van der Waals surface area contributed by atoms with Gasteiger partial charge in [0.05, 0.1) is 6.54 Å². The van der Waals surface area contributed by atoms with Gasteiger partial charge in [-0.2, -0.15) is 5.10 Å². The minimum Gasteiger partial charge on any atom is -0.288 e. The third kappa shape index (κ3) is 3.28. The number of amides is 1. The van der Waals surface area contributed by atoms with Crippen LogP contribution in [0.25, 0.3) is 0 Å². The molecule has 3 aromatic rings. The normalized spacial score (nSPS) is 10.7. The molecule has 0 atom stereocenters. The Morgan fingerprint density at radius 2 is 2.00 bits per heavy atom. The van der Waals surface area contributed by atoms with Crippen LogP contribution in [-0.2, 0) is 13.6 Å². The van der Waals surface area contributed by atoms with E-state index in [9.17, 15) is 4.79 Å². The Morgan fingerprint density at radius 3 is 2.70 bits per heavy atom. The first-order chi connectivity index (χ1) is 11.0. The van der Waals surface area contributed by atoms with Gasteiger partial charge in [-0.3, -0.25) is 14.8 Å². The van der Waals surface area contributed by atoms with Crippen LogP contribution in [0.2, 0.25) is 0 Å². The van der Waals surface area contributed by atoms with Gasteiger partial charge in [-0.25, -0.2) is 9.67 Å². The zero-order valence-corrected chi connectivity index (χ0v) is 13.3. The van der Waals surface area contributed by atoms with Gasteiger partial charge in [0.25, 0.3) is 5.91 Å². The first kappa shape index (κ1) is 15.0. The summed E-state index contributed by atoms with van der Waals surface area (Å²) in [7, 11) is 1.79. The van der Waals surface area contributed by atoms with Gasteiger partial charge in [-0.1, -0.05) is 24.3 Å². The molecule has 0 aliphatic carbocycles. The molecule has 118 valence electrons. The van der Waals surface area contributed by atoms with E-state index in [1.807, 2.05) is 25.1 Å². The Kier molecular flexibility index (Phi) is 3.92. The zero-order chi connectivity index (χ0) is 16.4. The monoisotopic (exact) mass is 310 g/mol. The van der Waals surface area contributed by atoms with Crippen LogP contribution in [0.5, 0.6) is 0 Å². The molecule has 0 saturated heterocycles. The van der Waals surface area contributed by atoms with Crippen molar-refractivity contribution in [2.75, 3.05) is 5.32 Å². The van der Waals surface area contributed by atoms with Gasteiger partial charge in [-0.15, -0.1) is 5.10 Å². The van der Waals surface area contributed by atoms with Crippen molar-refractivity contribution in [3.05, 3.63) is 59.2 Å². The molecule has 0 fully saturated rings. The summed E-state index contributed by atoms with van der Waals surface area (Å²) >= 11 is 0. The smallest absolute Gasteiger partial charge is 0.278 e. The number of aryl methyl sites for hydroxylation is 3. The molecule has 1 N–H and O–H groups in total. The number of anilines is 1. The SMILES string of the molecule is Cc1ccccc1Cn1cnc(NC(=O)c2cc(C)n(C)n2)n1. The molecule has 2 heterocycles. The van der Waals surface area contributed by atoms with Gasteiger partial charge >= 0.3 is 0 Å². The number of aromatic nitrogens is 5. The van der Waals surface area contributed by atoms with E-state index in [4.69, 9.17) is 0 Å². The van der Waals surface area contributed by atoms with Gasteiger partial charge in [0.2, 0.25) is 5.95 Å². The fraction of sp³-hybridized carbons (Fsp3) is 0.250. The van der Waals surface area contributed by atoms with E-state index in [1.54, 1.807) is 28.8 Å². The average Bonchev–Trinajstić information content (AvgIpc) is 3.09. The highest BCUT2D eigenvalue weighted by atomic mass is 16.2. The van der Waals surface area contributed by atoms with Crippen LogP contribution in [-0.4, -0.2) is 30.5 Å². The lowest BCUT2D eigenvalue weighted by Gasteiger charge is -2.04. The lowest BCUT2D eigenvalue weighted by molar-refractivity contribution is 0.102. The number of carbonyl (C=O) groups excluding carboxylic acids is 1. The maximum atomic E-state index is 12.1. The van der Waals surface area contributed by atoms with Crippen molar-refractivity contribution >= 4 is 11.9 Å². The first-order valence-electron chi connectivity index (χ1n) is 7.29. The minimum absolute atomic E-state index is 0.270. The zero-order valence-electron chi connectivity index (χ0n) is 13.3. The summed E-state index contributed by atoms with van der Waals surface area (Å²) in [5, 5.41) is 11.1. The molecule has 0 spiro atoms. The van der Waals surface area contributed by atoms with E-state index < -0.39 is 0 Å². The molecule has 0 radical (unpaired) electrons. The van der Waals surface area contributed by atoms with Crippen molar-refractivity contribution in [3.63, 3.8) is 0 Å². The van der Waals surface area contributed by atoms with Crippen LogP contribution in [0, 0.1) is 13.8 Å². The molecule has 0 saturated carbocycles. The van der Waals surface area contributed by atoms with Gasteiger partial charge in [0, 0.05) is 12.7 Å². The fourth-order valence-electron chi connectivity index (χ4n) is 2.23. The van der Waals surface area contributed by atoms with E-state index in [0.29, 0.717) is 12.2 Å². The van der Waals surface area contributed by atoms with E-state index in [-0.39, 0.29) is 11.9 Å². The maximum absolute atomic E-state index is 12.1. The minimum atomic E-state index is -0.317. The van der Waals surface area contributed by atoms with Crippen LogP contribution in [0.3, 0.4) is 0 Å². The Balaban J connectivity index is 1.70. The highest BCUT2D eigenvalue weighted by Crippen LogP contribution is 2.10. The number of nitrogens with zero attached hydrogens (tertiary/aromatic N) is 5. The topological polar surface area (TPSA) is 77.6 Å². The van der Waals surface area contributed by atoms with Crippen molar-refractivity contribution in [3.8, 4) is 0 Å². The summed E-state index contributed by atoms with van der Waals surface area (Å²) in [4.78, 5) is 16.2. The lowest BCUT2D eigenvalue weighted by Crippen LogP contribution is -2.14. The van der Waals surface area contributed by atoms with Crippen LogP contribution >= 0.6 is 0 Å². The molecule has 0 bridgehead atoms. The maximum Gasteiger partial charge on any atom is 0.278 e. The number of hydrogen-bond donors (Lipinski definition) is 1. The average molecular weight is 310 g/mol. The first-order valence-corrected chi connectivity index (χ1v) is 7.29. The van der Waals surface area contributed by atoms with Crippen molar-refractivity contribution in [1.82, 2.24) is 24.5 Å². The second-order valence-electron chi connectivity index (χ2n) is 5.44. The third-order valence-corrected chi connectivity index (χ3v) is 3.70. The van der Waals surface area contributed by atoms with E-state index >= 15 is 0 Å². The molecule has 0 aliphatic heterocycles. The third-order valence-electron chi connectivity index (χ3n) is 3.70. The van der Waals surface area contributed by atoms with Gasteiger partial charge < -0.3 is 0 Å². The Bertz CT molecular complexity index is 828. The molecule has 7 nitrogen and oxygen atoms in total. The summed E-state index contributed by atoms with van der Waals surface area (Å²) in [6.07, 6.45) is 1.60. The summed E-state index contributed by atoms with van der Waals surface area (Å²) in [5.41, 5.74) is 3.61. The van der Waals surface area contributed by atoms with Crippen molar-refractivity contribution in [2.24, 2.45) is 7.05 Å². The second-order valence-corrected chi connectivity index (χ2v) is 5.44. The summed E-state index contributed by atoms with van der Waals surface area (Å²) in [6, 6.07) is 9.82. The van der Waals surface area contributed by atoms with Crippen LogP contribution < -0.4 is 5.32 Å². The van der Waals surface area contributed by atoms with E-state index in [2.05, 4.69) is 33.5 Å². The molecule has 1 aromatic carbocycles. The van der Waals surface area contributed by atoms with Crippen LogP contribution in [0.4, 0.5) is 5.95 Å². The van der Waals surface area contributed by atoms with Crippen molar-refractivity contribution in [1.29, 1.82) is 0 Å². The summed E-state index contributed by atoms with van der Waals surface area (Å²) in [5.74, 6) is -0.0470. The number of carbonyl (C=O) groups is 1. The molecule has 7 heteroatoms. The number of benzene rings is 1. The lowest BCUT2D eigenvalue weighted by atomic mass is 10.1. The number of hydrogen-bond acceptors (Lipinski definition) is 4. The molecule has 23 heavy (non-hydrogen) atoms. The largest absolute Gasteiger partial charge is 0.288 e. The summed E-state index contributed by atoms with van der Waals surface area (Å²) < 4.78 is 3.35. The molecule has 0 aliphatic rings. The Labute approximate surface area is 134 Å². The molecule has 2 aromatic heterocycles. The highest BCUT2D eigenvalue weighted by Gasteiger charge is 2.13. The second kappa shape index (κ2) is 6.04. The Hall–Kier alpha value is -2.96. The molecule has 0 unspecified atom stereocenters. The standard InChI is InChI=1S/C16H18N6O/c1-11-6-4-5-7-13(11)9-22-10-17-16(20-22)18-15(23)14-8-12(2)21(3)19-14/h4-8,10H,9H2,1-3H3,(H,18,20,23). The van der Waals surface area contributed by atoms with Crippen molar-refractivity contribution in [2.45, 2.75) is 20.4 Å². The fourth-order valence-corrected chi connectivity index (χ4v) is 2.23. The van der Waals surface area contributed by atoms with E-state index in [1.165, 1.54) is 5.56 Å². The van der Waals surface area contributed by atoms with Crippen molar-refractivity contribution < 1.29 is 4.79 Å². The van der Waals surface area contributed by atoms with Crippen LogP contribution in [0.15, 0.2) is 36.7 Å². The van der Waals surface area contributed by atoms with Gasteiger partial charge in [-0.05, 0) is 31.0 Å². The molecule has 3 rings (SSSR count). The van der Waals surface area contributed by atoms with Crippen LogP contribution in [0.1, 0.15) is 27.3 Å². The predicted octanol–water partition coefficient (Wildman–Crippen LogP) is 1.93. The number of rotatable bonds is 4. The quantitative estimate of drug-likeness (QED) is 0.798. The molecular formula is C16H18N6O.